The van der Waals surface area contributed by atoms with Crippen LogP contribution in [0.25, 0.3) is 0 Å². The lowest BCUT2D eigenvalue weighted by atomic mass is 9.97. The Kier molecular flexibility index (Phi) is 6.71. The largest absolute Gasteiger partial charge is 0.350 e. The van der Waals surface area contributed by atoms with Crippen LogP contribution in [-0.2, 0) is 22.7 Å². The fraction of sp³-hybridized carbons (Fsp3) is 0.375. The van der Waals surface area contributed by atoms with Crippen LogP contribution in [0.3, 0.4) is 0 Å². The van der Waals surface area contributed by atoms with E-state index in [9.17, 15) is 18.8 Å². The van der Waals surface area contributed by atoms with Gasteiger partial charge in [0.2, 0.25) is 5.91 Å². The second kappa shape index (κ2) is 9.68. The summed E-state index contributed by atoms with van der Waals surface area (Å²) >= 11 is 0. The first-order chi connectivity index (χ1) is 15.9. The molecule has 2 aliphatic rings. The van der Waals surface area contributed by atoms with Crippen LogP contribution in [0.5, 0.6) is 0 Å². The molecule has 33 heavy (non-hydrogen) atoms. The lowest BCUT2D eigenvalue weighted by Crippen LogP contribution is -2.67. The Labute approximate surface area is 192 Å². The molecule has 0 aliphatic carbocycles. The molecule has 0 aromatic heterocycles. The third-order valence-corrected chi connectivity index (χ3v) is 6.14. The molecule has 174 valence electrons. The summed E-state index contributed by atoms with van der Waals surface area (Å²) in [7, 11) is 0. The molecule has 2 heterocycles. The second-order valence-corrected chi connectivity index (χ2v) is 8.36. The zero-order chi connectivity index (χ0) is 23.5. The van der Waals surface area contributed by atoms with E-state index in [4.69, 9.17) is 0 Å². The molecule has 3 unspecified atom stereocenters. The van der Waals surface area contributed by atoms with E-state index in [1.54, 1.807) is 12.1 Å². The van der Waals surface area contributed by atoms with Crippen molar-refractivity contribution < 1.29 is 18.8 Å². The van der Waals surface area contributed by atoms with E-state index in [-0.39, 0.29) is 30.9 Å². The number of nitrogens with zero attached hydrogens (tertiary/aromatic N) is 3. The number of carbonyl (C=O) groups excluding carboxylic acids is 3. The molecule has 8 nitrogen and oxygen atoms in total. The van der Waals surface area contributed by atoms with Gasteiger partial charge < -0.3 is 10.2 Å². The second-order valence-electron chi connectivity index (χ2n) is 8.36. The molecule has 2 aliphatic heterocycles. The summed E-state index contributed by atoms with van der Waals surface area (Å²) in [5, 5.41) is 4.67. The number of fused-ring (bicyclic) bond motifs is 1. The number of rotatable bonds is 7. The SMILES string of the molecule is CCN1NC(C)C2C1C(=O)N(Cc1ccc(F)cc1)C(=O)N2CC(=O)NCc1ccccc1. The van der Waals surface area contributed by atoms with Gasteiger partial charge in [-0.15, -0.1) is 0 Å². The van der Waals surface area contributed by atoms with Crippen molar-refractivity contribution in [3.8, 4) is 0 Å². The maximum atomic E-state index is 13.4. The molecule has 0 bridgehead atoms. The monoisotopic (exact) mass is 453 g/mol. The van der Waals surface area contributed by atoms with Crippen molar-refractivity contribution >= 4 is 17.8 Å². The van der Waals surface area contributed by atoms with Gasteiger partial charge in [-0.3, -0.25) is 14.5 Å². The smallest absolute Gasteiger partial charge is 0.327 e. The third kappa shape index (κ3) is 4.74. The number of amides is 4. The van der Waals surface area contributed by atoms with Crippen LogP contribution in [0, 0.1) is 5.82 Å². The lowest BCUT2D eigenvalue weighted by molar-refractivity contribution is -0.140. The summed E-state index contributed by atoms with van der Waals surface area (Å²) in [5.41, 5.74) is 4.85. The van der Waals surface area contributed by atoms with E-state index >= 15 is 0 Å². The number of nitrogens with one attached hydrogen (secondary N) is 2. The molecule has 0 spiro atoms. The van der Waals surface area contributed by atoms with Crippen molar-refractivity contribution in [3.05, 3.63) is 71.5 Å². The van der Waals surface area contributed by atoms with Gasteiger partial charge in [0.25, 0.3) is 5.91 Å². The molecular formula is C24H28FN5O3. The van der Waals surface area contributed by atoms with Crippen molar-refractivity contribution in [1.82, 2.24) is 25.6 Å². The summed E-state index contributed by atoms with van der Waals surface area (Å²) in [4.78, 5) is 42.2. The van der Waals surface area contributed by atoms with E-state index in [1.165, 1.54) is 17.0 Å². The molecule has 2 aromatic rings. The minimum atomic E-state index is -0.606. The van der Waals surface area contributed by atoms with Gasteiger partial charge in [-0.2, -0.15) is 0 Å². The summed E-state index contributed by atoms with van der Waals surface area (Å²) in [6.45, 7) is 4.58. The van der Waals surface area contributed by atoms with Gasteiger partial charge in [0.05, 0.1) is 12.6 Å². The van der Waals surface area contributed by atoms with E-state index in [0.717, 1.165) is 10.5 Å². The number of carbonyl (C=O) groups is 3. The predicted molar refractivity (Wildman–Crippen MR) is 120 cm³/mol. The number of halogens is 1. The maximum absolute atomic E-state index is 13.4. The highest BCUT2D eigenvalue weighted by molar-refractivity contribution is 6.02. The zero-order valence-electron chi connectivity index (χ0n) is 18.7. The van der Waals surface area contributed by atoms with E-state index in [2.05, 4.69) is 10.7 Å². The van der Waals surface area contributed by atoms with Gasteiger partial charge >= 0.3 is 6.03 Å². The molecule has 0 radical (unpaired) electrons. The normalized spacial score (nSPS) is 23.1. The Hall–Kier alpha value is -3.30. The first kappa shape index (κ1) is 22.9. The van der Waals surface area contributed by atoms with Gasteiger partial charge in [0, 0.05) is 19.1 Å². The highest BCUT2D eigenvalue weighted by atomic mass is 19.1. The summed E-state index contributed by atoms with van der Waals surface area (Å²) in [6, 6.07) is 13.4. The standard InChI is InChI=1S/C24H28FN5O3/c1-3-30-22-21(16(2)27-30)28(15-20(31)26-13-17-7-5-4-6-8-17)24(33)29(23(22)32)14-18-9-11-19(25)12-10-18/h4-12,16,21-22,27H,3,13-15H2,1-2H3,(H,26,31). The Balaban J connectivity index is 1.55. The highest BCUT2D eigenvalue weighted by Gasteiger charge is 2.54. The fourth-order valence-electron chi connectivity index (χ4n) is 4.52. The van der Waals surface area contributed by atoms with Crippen molar-refractivity contribution in [2.24, 2.45) is 0 Å². The molecule has 4 rings (SSSR count). The number of hydrazine groups is 1. The van der Waals surface area contributed by atoms with Crippen molar-refractivity contribution in [3.63, 3.8) is 0 Å². The highest BCUT2D eigenvalue weighted by Crippen LogP contribution is 2.29. The van der Waals surface area contributed by atoms with Crippen LogP contribution in [0.15, 0.2) is 54.6 Å². The minimum absolute atomic E-state index is 0.00916. The predicted octanol–water partition coefficient (Wildman–Crippen LogP) is 1.87. The maximum Gasteiger partial charge on any atom is 0.327 e. The third-order valence-electron chi connectivity index (χ3n) is 6.14. The van der Waals surface area contributed by atoms with E-state index < -0.39 is 23.9 Å². The fourth-order valence-corrected chi connectivity index (χ4v) is 4.52. The molecule has 9 heteroatoms. The Morgan fingerprint density at radius 3 is 2.42 bits per heavy atom. The average molecular weight is 454 g/mol. The van der Waals surface area contributed by atoms with Crippen LogP contribution in [0.2, 0.25) is 0 Å². The van der Waals surface area contributed by atoms with Crippen LogP contribution in [0.1, 0.15) is 25.0 Å². The van der Waals surface area contributed by atoms with E-state index in [1.807, 2.05) is 49.2 Å². The van der Waals surface area contributed by atoms with Gasteiger partial charge in [0.15, 0.2) is 0 Å². The minimum Gasteiger partial charge on any atom is -0.350 e. The van der Waals surface area contributed by atoms with Gasteiger partial charge in [0.1, 0.15) is 18.4 Å². The topological polar surface area (TPSA) is 85.0 Å². The number of hydrogen-bond donors (Lipinski definition) is 2. The molecule has 2 aromatic carbocycles. The van der Waals surface area contributed by atoms with Crippen LogP contribution < -0.4 is 10.7 Å². The molecule has 4 amide bonds. The molecule has 2 N–H and O–H groups in total. The van der Waals surface area contributed by atoms with Gasteiger partial charge in [-0.25, -0.2) is 19.6 Å². The van der Waals surface area contributed by atoms with Crippen molar-refractivity contribution in [2.45, 2.75) is 45.1 Å². The van der Waals surface area contributed by atoms with Crippen LogP contribution in [0.4, 0.5) is 9.18 Å². The Bertz CT molecular complexity index is 1020. The number of benzene rings is 2. The summed E-state index contributed by atoms with van der Waals surface area (Å²) in [5.74, 6) is -1.02. The van der Waals surface area contributed by atoms with Crippen LogP contribution in [-0.4, -0.2) is 63.9 Å². The van der Waals surface area contributed by atoms with Crippen molar-refractivity contribution in [1.29, 1.82) is 0 Å². The van der Waals surface area contributed by atoms with Gasteiger partial charge in [-0.05, 0) is 30.2 Å². The number of urea groups is 1. The Morgan fingerprint density at radius 1 is 1.06 bits per heavy atom. The molecule has 3 atom stereocenters. The van der Waals surface area contributed by atoms with Crippen LogP contribution >= 0.6 is 0 Å². The molecular weight excluding hydrogens is 425 g/mol. The lowest BCUT2D eigenvalue weighted by Gasteiger charge is -2.43. The van der Waals surface area contributed by atoms with E-state index in [0.29, 0.717) is 18.7 Å². The molecule has 2 saturated heterocycles. The molecule has 2 fully saturated rings. The summed E-state index contributed by atoms with van der Waals surface area (Å²) < 4.78 is 13.3. The van der Waals surface area contributed by atoms with Gasteiger partial charge in [-0.1, -0.05) is 49.4 Å². The first-order valence-electron chi connectivity index (χ1n) is 11.1. The number of imide groups is 1. The number of hydrogen-bond acceptors (Lipinski definition) is 5. The summed E-state index contributed by atoms with van der Waals surface area (Å²) in [6.07, 6.45) is 0. The zero-order valence-corrected chi connectivity index (χ0v) is 18.7. The molecule has 0 saturated carbocycles. The van der Waals surface area contributed by atoms with Crippen molar-refractivity contribution in [2.75, 3.05) is 13.1 Å². The average Bonchev–Trinajstić information content (AvgIpc) is 3.16. The number of likely N-dealkylation sites (N-methyl/N-ethyl adjacent to an activating group) is 1. The first-order valence-corrected chi connectivity index (χ1v) is 11.1. The quantitative estimate of drug-likeness (QED) is 0.669. The Morgan fingerprint density at radius 2 is 1.76 bits per heavy atom.